The van der Waals surface area contributed by atoms with Gasteiger partial charge in [-0.2, -0.15) is 0 Å². The molecule has 1 heteroatoms. The van der Waals surface area contributed by atoms with Crippen molar-refractivity contribution in [1.29, 1.82) is 0 Å². The monoisotopic (exact) mass is 160 g/mol. The molecule has 5 aliphatic rings. The lowest BCUT2D eigenvalue weighted by molar-refractivity contribution is -0.132. The molecule has 0 aromatic rings. The Balaban J connectivity index is 1.91. The van der Waals surface area contributed by atoms with Crippen molar-refractivity contribution in [3.05, 3.63) is 0 Å². The van der Waals surface area contributed by atoms with Crippen molar-refractivity contribution in [1.82, 2.24) is 0 Å². The van der Waals surface area contributed by atoms with Crippen molar-refractivity contribution in [2.45, 2.75) is 12.8 Å². The zero-order valence-electron chi connectivity index (χ0n) is 6.94. The molecule has 2 unspecified atom stereocenters. The number of carbonyl (C=O) groups excluding carboxylic acids is 1. The lowest BCUT2D eigenvalue weighted by Crippen LogP contribution is -2.44. The molecule has 5 saturated carbocycles. The van der Waals surface area contributed by atoms with E-state index in [-0.39, 0.29) is 0 Å². The van der Waals surface area contributed by atoms with Crippen LogP contribution in [0.15, 0.2) is 0 Å². The van der Waals surface area contributed by atoms with Crippen LogP contribution in [0.2, 0.25) is 0 Å². The average Bonchev–Trinajstić information content (AvgIpc) is 2.47. The van der Waals surface area contributed by atoms with E-state index in [0.717, 1.165) is 35.5 Å². The van der Waals surface area contributed by atoms with Crippen LogP contribution < -0.4 is 0 Å². The Morgan fingerprint density at radius 2 is 1.58 bits per heavy atom. The van der Waals surface area contributed by atoms with Crippen LogP contribution in [0.1, 0.15) is 12.8 Å². The zero-order chi connectivity index (χ0) is 7.61. The first-order chi connectivity index (χ1) is 5.88. The quantitative estimate of drug-likeness (QED) is 0.522. The minimum atomic E-state index is 0.583. The summed E-state index contributed by atoms with van der Waals surface area (Å²) in [6, 6.07) is 0. The molecular weight excluding hydrogens is 148 g/mol. The van der Waals surface area contributed by atoms with Crippen LogP contribution in [-0.2, 0) is 4.79 Å². The normalized spacial score (nSPS) is 79.2. The second kappa shape index (κ2) is 1.21. The highest BCUT2D eigenvalue weighted by Gasteiger charge is 2.80. The summed E-state index contributed by atoms with van der Waals surface area (Å²) in [6.45, 7) is 0. The Morgan fingerprint density at radius 1 is 0.833 bits per heavy atom. The van der Waals surface area contributed by atoms with E-state index in [1.54, 1.807) is 0 Å². The van der Waals surface area contributed by atoms with E-state index in [1.165, 1.54) is 12.8 Å². The molecule has 2 bridgehead atoms. The first-order valence-corrected chi connectivity index (χ1v) is 5.41. The Hall–Kier alpha value is -0.330. The van der Waals surface area contributed by atoms with Gasteiger partial charge in [0.2, 0.25) is 0 Å². The van der Waals surface area contributed by atoms with E-state index < -0.39 is 0 Å². The van der Waals surface area contributed by atoms with Crippen molar-refractivity contribution < 1.29 is 4.79 Å². The van der Waals surface area contributed by atoms with E-state index in [1.807, 2.05) is 0 Å². The molecule has 62 valence electrons. The fourth-order valence-corrected chi connectivity index (χ4v) is 6.10. The maximum Gasteiger partial charge on any atom is 0.140 e. The van der Waals surface area contributed by atoms with Gasteiger partial charge in [0.05, 0.1) is 0 Å². The van der Waals surface area contributed by atoms with Crippen LogP contribution in [0, 0.1) is 47.3 Å². The summed E-state index contributed by atoms with van der Waals surface area (Å²) in [6.07, 6.45) is 2.90. The van der Waals surface area contributed by atoms with E-state index in [9.17, 15) is 4.79 Å². The standard InChI is InChI=1S/C11H12O/c12-11-8-4-2-5-7-3(4)1-6(8)9(7)10(5)11/h3-10H,1-2H2/t3-,4-,5?,6+,7-,8-,9-,10?/m0/s1. The molecule has 0 heterocycles. The minimum Gasteiger partial charge on any atom is -0.299 e. The van der Waals surface area contributed by atoms with Gasteiger partial charge >= 0.3 is 0 Å². The number of ketones is 1. The van der Waals surface area contributed by atoms with Gasteiger partial charge in [-0.25, -0.2) is 0 Å². The van der Waals surface area contributed by atoms with Gasteiger partial charge in [0.25, 0.3) is 0 Å². The summed E-state index contributed by atoms with van der Waals surface area (Å²) in [5, 5.41) is 0. The van der Waals surface area contributed by atoms with Gasteiger partial charge in [-0.15, -0.1) is 0 Å². The summed E-state index contributed by atoms with van der Waals surface area (Å²) >= 11 is 0. The van der Waals surface area contributed by atoms with Crippen molar-refractivity contribution in [3.8, 4) is 0 Å². The summed E-state index contributed by atoms with van der Waals surface area (Å²) < 4.78 is 0. The van der Waals surface area contributed by atoms with Gasteiger partial charge in [0, 0.05) is 11.8 Å². The van der Waals surface area contributed by atoms with Crippen LogP contribution in [0.5, 0.6) is 0 Å². The highest BCUT2D eigenvalue weighted by Crippen LogP contribution is 2.81. The van der Waals surface area contributed by atoms with E-state index >= 15 is 0 Å². The molecule has 0 aromatic heterocycles. The van der Waals surface area contributed by atoms with Crippen LogP contribution >= 0.6 is 0 Å². The highest BCUT2D eigenvalue weighted by molar-refractivity contribution is 5.91. The van der Waals surface area contributed by atoms with Crippen molar-refractivity contribution in [2.24, 2.45) is 47.3 Å². The summed E-state index contributed by atoms with van der Waals surface area (Å²) in [4.78, 5) is 11.9. The first kappa shape index (κ1) is 5.41. The molecular formula is C11H12O. The fourth-order valence-electron chi connectivity index (χ4n) is 6.10. The molecule has 0 spiro atoms. The van der Waals surface area contributed by atoms with Gasteiger partial charge in [0.15, 0.2) is 0 Å². The number of carbonyl (C=O) groups is 1. The lowest BCUT2D eigenvalue weighted by Gasteiger charge is -2.43. The summed E-state index contributed by atoms with van der Waals surface area (Å²) in [5.74, 6) is 7.54. The largest absolute Gasteiger partial charge is 0.299 e. The second-order valence-corrected chi connectivity index (χ2v) is 5.74. The molecule has 0 amide bonds. The Bertz CT molecular complexity index is 315. The van der Waals surface area contributed by atoms with Crippen molar-refractivity contribution >= 4 is 5.78 Å². The van der Waals surface area contributed by atoms with Crippen LogP contribution in [0.3, 0.4) is 0 Å². The third-order valence-electron chi connectivity index (χ3n) is 6.02. The van der Waals surface area contributed by atoms with Gasteiger partial charge in [-0.05, 0) is 48.3 Å². The Morgan fingerprint density at radius 3 is 2.50 bits per heavy atom. The molecule has 5 aliphatic carbocycles. The van der Waals surface area contributed by atoms with E-state index in [2.05, 4.69) is 0 Å². The molecule has 0 radical (unpaired) electrons. The van der Waals surface area contributed by atoms with Crippen LogP contribution in [-0.4, -0.2) is 5.78 Å². The number of hydrogen-bond acceptors (Lipinski definition) is 1. The molecule has 5 fully saturated rings. The van der Waals surface area contributed by atoms with E-state index in [4.69, 9.17) is 0 Å². The minimum absolute atomic E-state index is 0.583. The summed E-state index contributed by atoms with van der Waals surface area (Å²) in [7, 11) is 0. The third-order valence-corrected chi connectivity index (χ3v) is 6.02. The zero-order valence-corrected chi connectivity index (χ0v) is 6.94. The fraction of sp³-hybridized carbons (Fsp3) is 0.909. The predicted molar refractivity (Wildman–Crippen MR) is 42.2 cm³/mol. The van der Waals surface area contributed by atoms with Gasteiger partial charge in [-0.1, -0.05) is 0 Å². The predicted octanol–water partition coefficient (Wildman–Crippen LogP) is 1.33. The number of hydrogen-bond donors (Lipinski definition) is 0. The average molecular weight is 160 g/mol. The molecule has 0 N–H and O–H groups in total. The lowest BCUT2D eigenvalue weighted by atomic mass is 9.60. The number of Topliss-reactive ketones (excluding diaryl/α,β-unsaturated/α-hetero) is 1. The first-order valence-electron chi connectivity index (χ1n) is 5.41. The number of rotatable bonds is 0. The topological polar surface area (TPSA) is 17.1 Å². The van der Waals surface area contributed by atoms with Crippen LogP contribution in [0.4, 0.5) is 0 Å². The smallest absolute Gasteiger partial charge is 0.140 e. The van der Waals surface area contributed by atoms with E-state index in [0.29, 0.717) is 17.6 Å². The maximum absolute atomic E-state index is 11.9. The van der Waals surface area contributed by atoms with Gasteiger partial charge < -0.3 is 0 Å². The maximum atomic E-state index is 11.9. The highest BCUT2D eigenvalue weighted by atomic mass is 16.1. The Labute approximate surface area is 71.5 Å². The SMILES string of the molecule is O=C1C2C3C[C@H]4[C@@H]5C[C@H]([C@@H]14)[C@H]2[C@H]35. The molecule has 8 atom stereocenters. The molecule has 0 aliphatic heterocycles. The molecule has 0 aromatic carbocycles. The summed E-state index contributed by atoms with van der Waals surface area (Å²) in [5.41, 5.74) is 0. The number of fused-ring (bicyclic) bond motifs is 2. The van der Waals surface area contributed by atoms with Gasteiger partial charge in [-0.3, -0.25) is 4.79 Å². The molecule has 5 rings (SSSR count). The van der Waals surface area contributed by atoms with Gasteiger partial charge in [0.1, 0.15) is 5.78 Å². The van der Waals surface area contributed by atoms with Crippen LogP contribution in [0.25, 0.3) is 0 Å². The van der Waals surface area contributed by atoms with Crippen molar-refractivity contribution in [2.75, 3.05) is 0 Å². The third kappa shape index (κ3) is 0.272. The second-order valence-electron chi connectivity index (χ2n) is 5.74. The Kier molecular flexibility index (Phi) is 0.547. The molecule has 12 heavy (non-hydrogen) atoms. The van der Waals surface area contributed by atoms with Crippen molar-refractivity contribution in [3.63, 3.8) is 0 Å². The molecule has 0 saturated heterocycles. The molecule has 1 nitrogen and oxygen atoms in total.